The monoisotopic (exact) mass is 129 g/mol. The number of carboxylic acid groups (broad SMARTS) is 2. The highest BCUT2D eigenvalue weighted by atomic mass is 16.4. The van der Waals surface area contributed by atoms with Gasteiger partial charge in [0.1, 0.15) is 6.08 Å². The van der Waals surface area contributed by atoms with E-state index in [0.29, 0.717) is 0 Å². The first-order chi connectivity index (χ1) is 4.13. The third kappa shape index (κ3) is 6.55. The summed E-state index contributed by atoms with van der Waals surface area (Å²) in [6.45, 7) is 0. The van der Waals surface area contributed by atoms with Crippen molar-refractivity contribution in [3.05, 3.63) is 18.6 Å². The molecule has 0 amide bonds. The zero-order valence-electron chi connectivity index (χ0n) is 4.44. The van der Waals surface area contributed by atoms with Crippen molar-refractivity contribution in [1.29, 1.82) is 0 Å². The Labute approximate surface area is 51.4 Å². The second-order valence-corrected chi connectivity index (χ2v) is 1.20. The molecule has 0 heterocycles. The number of aliphatic carboxylic acids is 2. The van der Waals surface area contributed by atoms with Crippen molar-refractivity contribution in [3.63, 3.8) is 0 Å². The second-order valence-electron chi connectivity index (χ2n) is 1.20. The summed E-state index contributed by atoms with van der Waals surface area (Å²) in [7, 11) is 0. The van der Waals surface area contributed by atoms with Gasteiger partial charge in [-0.3, -0.25) is 0 Å². The molecule has 0 atom stereocenters. The van der Waals surface area contributed by atoms with Crippen LogP contribution in [0.4, 0.5) is 0 Å². The number of hydrogen-bond acceptors (Lipinski definition) is 2. The van der Waals surface area contributed by atoms with Crippen LogP contribution in [0.3, 0.4) is 0 Å². The van der Waals surface area contributed by atoms with E-state index in [1.54, 1.807) is 0 Å². The molecule has 0 aliphatic rings. The molecule has 0 aromatic heterocycles. The smallest absolute Gasteiger partial charge is 0.413 e. The predicted octanol–water partition coefficient (Wildman–Crippen LogP) is -0.0839. The fourth-order valence-corrected chi connectivity index (χ4v) is 0.213. The maximum atomic E-state index is 9.68. The first-order valence-electron chi connectivity index (χ1n) is 2.10. The van der Waals surface area contributed by atoms with Gasteiger partial charge in [-0.05, 0) is 0 Å². The zero-order chi connectivity index (χ0) is 7.28. The summed E-state index contributed by atoms with van der Waals surface area (Å²) >= 11 is 0. The number of rotatable bonds is 3. The summed E-state index contributed by atoms with van der Waals surface area (Å²) in [6, 6.07) is 0. The summed E-state index contributed by atoms with van der Waals surface area (Å²) in [4.78, 5) is 19.4. The fraction of sp³-hybridized carbons (Fsp3) is 0. The van der Waals surface area contributed by atoms with Crippen LogP contribution in [0.25, 0.3) is 0 Å². The van der Waals surface area contributed by atoms with Crippen LogP contribution in [-0.4, -0.2) is 22.2 Å². The van der Waals surface area contributed by atoms with Gasteiger partial charge >= 0.3 is 11.9 Å². The molecule has 0 radical (unpaired) electrons. The van der Waals surface area contributed by atoms with Crippen LogP contribution >= 0.6 is 0 Å². The molecule has 9 heavy (non-hydrogen) atoms. The van der Waals surface area contributed by atoms with E-state index in [-0.39, 0.29) is 0 Å². The molecule has 0 spiro atoms. The van der Waals surface area contributed by atoms with Crippen molar-refractivity contribution in [2.75, 3.05) is 0 Å². The van der Waals surface area contributed by atoms with Crippen LogP contribution in [0.1, 0.15) is 0 Å². The van der Waals surface area contributed by atoms with E-state index < -0.39 is 11.9 Å². The van der Waals surface area contributed by atoms with Crippen LogP contribution in [0, 0.1) is 6.42 Å². The molecular weight excluding hydrogens is 124 g/mol. The lowest BCUT2D eigenvalue weighted by Crippen LogP contribution is -1.93. The molecule has 0 aliphatic heterocycles. The molecule has 2 N–H and O–H groups in total. The molecule has 0 bridgehead atoms. The third-order valence-corrected chi connectivity index (χ3v) is 0.478. The van der Waals surface area contributed by atoms with Crippen LogP contribution in [0.5, 0.6) is 0 Å². The Morgan fingerprint density at radius 2 is 1.89 bits per heavy atom. The summed E-state index contributed by atoms with van der Waals surface area (Å²) in [5.74, 6) is -2.32. The van der Waals surface area contributed by atoms with Crippen LogP contribution in [-0.2, 0) is 9.59 Å². The topological polar surface area (TPSA) is 74.6 Å². The van der Waals surface area contributed by atoms with Gasteiger partial charge in [-0.2, -0.15) is 0 Å². The standard InChI is InChI=1S/C5H4O4/c6-4(7)2-1-3-5(8)9/h1-3H,(H-,6,7,8,9)/p+1. The molecule has 0 aliphatic carbocycles. The Bertz CT molecular complexity index is 147. The molecule has 0 saturated carbocycles. The van der Waals surface area contributed by atoms with Crippen molar-refractivity contribution in [2.24, 2.45) is 0 Å². The van der Waals surface area contributed by atoms with Gasteiger partial charge in [0.25, 0.3) is 0 Å². The molecule has 0 unspecified atom stereocenters. The van der Waals surface area contributed by atoms with Crippen molar-refractivity contribution < 1.29 is 19.8 Å². The number of carbonyl (C=O) groups is 2. The Morgan fingerprint density at radius 1 is 1.33 bits per heavy atom. The van der Waals surface area contributed by atoms with E-state index in [4.69, 9.17) is 10.2 Å². The third-order valence-electron chi connectivity index (χ3n) is 0.478. The van der Waals surface area contributed by atoms with Crippen LogP contribution in [0.2, 0.25) is 0 Å². The molecule has 0 aromatic carbocycles. The van der Waals surface area contributed by atoms with Gasteiger partial charge in [0.05, 0.1) is 0 Å². The molecule has 0 saturated heterocycles. The van der Waals surface area contributed by atoms with Gasteiger partial charge in [0.2, 0.25) is 0 Å². The minimum Gasteiger partial charge on any atom is -0.463 e. The Hall–Kier alpha value is -1.45. The normalized spacial score (nSPS) is 9.33. The first kappa shape index (κ1) is 7.55. The molecule has 48 valence electrons. The summed E-state index contributed by atoms with van der Waals surface area (Å²) < 4.78 is 0. The predicted molar refractivity (Wildman–Crippen MR) is 28.7 cm³/mol. The average Bonchev–Trinajstić information content (AvgIpc) is 1.63. The van der Waals surface area contributed by atoms with Crippen LogP contribution in [0.15, 0.2) is 12.2 Å². The maximum Gasteiger partial charge on any atom is 0.413 e. The van der Waals surface area contributed by atoms with Gasteiger partial charge in [0, 0.05) is 0 Å². The van der Waals surface area contributed by atoms with E-state index in [1.165, 1.54) is 0 Å². The fourth-order valence-electron chi connectivity index (χ4n) is 0.213. The Kier molecular flexibility index (Phi) is 2.97. The largest absolute Gasteiger partial charge is 0.463 e. The van der Waals surface area contributed by atoms with Gasteiger partial charge < -0.3 is 10.2 Å². The SMILES string of the molecule is O=C(O)C=C[CH+]C(=O)O. The van der Waals surface area contributed by atoms with Crippen LogP contribution < -0.4 is 0 Å². The number of carboxylic acids is 2. The van der Waals surface area contributed by atoms with E-state index >= 15 is 0 Å². The lowest BCUT2D eigenvalue weighted by atomic mass is 10.4. The van der Waals surface area contributed by atoms with Crippen molar-refractivity contribution >= 4 is 11.9 Å². The summed E-state index contributed by atoms with van der Waals surface area (Å²) in [5.41, 5.74) is 0. The second kappa shape index (κ2) is 3.54. The molecule has 4 heteroatoms. The van der Waals surface area contributed by atoms with Gasteiger partial charge in [-0.15, -0.1) is 0 Å². The Balaban J connectivity index is 3.48. The van der Waals surface area contributed by atoms with Gasteiger partial charge in [-0.25, -0.2) is 9.59 Å². The van der Waals surface area contributed by atoms with Crippen molar-refractivity contribution in [1.82, 2.24) is 0 Å². The Morgan fingerprint density at radius 3 is 2.22 bits per heavy atom. The molecular formula is C5H5O4+. The summed E-state index contributed by atoms with van der Waals surface area (Å²) in [5, 5.41) is 15.9. The maximum absolute atomic E-state index is 9.68. The highest BCUT2D eigenvalue weighted by molar-refractivity contribution is 5.84. The van der Waals surface area contributed by atoms with Crippen molar-refractivity contribution in [3.8, 4) is 0 Å². The lowest BCUT2D eigenvalue weighted by molar-refractivity contribution is -0.132. The zero-order valence-corrected chi connectivity index (χ0v) is 4.44. The first-order valence-corrected chi connectivity index (χ1v) is 2.10. The van der Waals surface area contributed by atoms with E-state index in [9.17, 15) is 9.59 Å². The summed E-state index contributed by atoms with van der Waals surface area (Å²) in [6.07, 6.45) is 2.44. The minimum atomic E-state index is -1.16. The highest BCUT2D eigenvalue weighted by Crippen LogP contribution is 1.79. The lowest BCUT2D eigenvalue weighted by Gasteiger charge is -1.70. The van der Waals surface area contributed by atoms with Gasteiger partial charge in [0.15, 0.2) is 12.5 Å². The van der Waals surface area contributed by atoms with E-state index in [1.807, 2.05) is 0 Å². The van der Waals surface area contributed by atoms with E-state index in [0.717, 1.165) is 18.6 Å². The molecule has 0 fully saturated rings. The minimum absolute atomic E-state index is 0.744. The quantitative estimate of drug-likeness (QED) is 0.412. The number of hydrogen-bond donors (Lipinski definition) is 2. The van der Waals surface area contributed by atoms with E-state index in [2.05, 4.69) is 0 Å². The highest BCUT2D eigenvalue weighted by Gasteiger charge is 2.00. The van der Waals surface area contributed by atoms with Gasteiger partial charge in [-0.1, -0.05) is 0 Å². The molecule has 0 rings (SSSR count). The molecule has 4 nitrogen and oxygen atoms in total. The average molecular weight is 129 g/mol. The molecule has 0 aromatic rings. The van der Waals surface area contributed by atoms with Crippen molar-refractivity contribution in [2.45, 2.75) is 0 Å².